The first-order valence-corrected chi connectivity index (χ1v) is 8.75. The third-order valence-electron chi connectivity index (χ3n) is 4.99. The van der Waals surface area contributed by atoms with E-state index in [-0.39, 0.29) is 11.9 Å². The second-order valence-corrected chi connectivity index (χ2v) is 6.87. The van der Waals surface area contributed by atoms with Crippen molar-refractivity contribution in [1.29, 1.82) is 0 Å². The Morgan fingerprint density at radius 2 is 1.96 bits per heavy atom. The highest BCUT2D eigenvalue weighted by Crippen LogP contribution is 2.29. The molecule has 0 N–H and O–H groups in total. The molecule has 1 amide bonds. The van der Waals surface area contributed by atoms with Gasteiger partial charge in [-0.25, -0.2) is 9.67 Å². The average Bonchev–Trinajstić information content (AvgIpc) is 3.26. The largest absolute Gasteiger partial charge is 0.311 e. The van der Waals surface area contributed by atoms with Gasteiger partial charge in [-0.3, -0.25) is 9.69 Å². The zero-order valence-electron chi connectivity index (χ0n) is 13.4. The Morgan fingerprint density at radius 1 is 1.12 bits per heavy atom. The van der Waals surface area contributed by atoms with E-state index in [1.54, 1.807) is 12.7 Å². The van der Waals surface area contributed by atoms with Crippen LogP contribution in [0.4, 0.5) is 5.69 Å². The minimum absolute atomic E-state index is 0.0352. The fourth-order valence-electron chi connectivity index (χ4n) is 3.77. The third-order valence-corrected chi connectivity index (χ3v) is 5.25. The average molecular weight is 346 g/mol. The predicted octanol–water partition coefficient (Wildman–Crippen LogP) is 2.37. The van der Waals surface area contributed by atoms with Crippen LogP contribution in [0.5, 0.6) is 0 Å². The molecule has 126 valence electrons. The zero-order chi connectivity index (χ0) is 16.5. The number of rotatable bonds is 3. The van der Waals surface area contributed by atoms with Gasteiger partial charge in [0.15, 0.2) is 0 Å². The maximum absolute atomic E-state index is 12.9. The molecule has 1 aromatic heterocycles. The van der Waals surface area contributed by atoms with E-state index >= 15 is 0 Å². The van der Waals surface area contributed by atoms with Crippen LogP contribution in [0.25, 0.3) is 0 Å². The maximum Gasteiger partial charge on any atom is 0.244 e. The Labute approximate surface area is 146 Å². The Balaban J connectivity index is 1.47. The molecule has 4 rings (SSSR count). The Bertz CT molecular complexity index is 702. The molecule has 2 aliphatic rings. The van der Waals surface area contributed by atoms with Crippen LogP contribution in [0.2, 0.25) is 5.02 Å². The summed E-state index contributed by atoms with van der Waals surface area (Å²) in [6.07, 6.45) is 6.37. The van der Waals surface area contributed by atoms with Crippen LogP contribution in [0.15, 0.2) is 36.9 Å². The van der Waals surface area contributed by atoms with Gasteiger partial charge in [-0.1, -0.05) is 11.6 Å². The van der Waals surface area contributed by atoms with Crippen LogP contribution in [-0.2, 0) is 4.79 Å². The molecular weight excluding hydrogens is 326 g/mol. The molecule has 0 spiro atoms. The number of likely N-dealkylation sites (tertiary alicyclic amines) is 1. The van der Waals surface area contributed by atoms with Crippen LogP contribution in [0.3, 0.4) is 0 Å². The molecule has 2 fully saturated rings. The summed E-state index contributed by atoms with van der Waals surface area (Å²) in [5.74, 6) is 0.191. The van der Waals surface area contributed by atoms with Crippen molar-refractivity contribution in [3.05, 3.63) is 41.9 Å². The van der Waals surface area contributed by atoms with Crippen molar-refractivity contribution in [2.45, 2.75) is 31.3 Å². The van der Waals surface area contributed by atoms with E-state index in [0.29, 0.717) is 11.1 Å². The van der Waals surface area contributed by atoms with Crippen molar-refractivity contribution in [3.8, 4) is 0 Å². The van der Waals surface area contributed by atoms with Gasteiger partial charge in [-0.05, 0) is 50.1 Å². The topological polar surface area (TPSA) is 54.3 Å². The van der Waals surface area contributed by atoms with Crippen LogP contribution in [0.1, 0.15) is 25.3 Å². The maximum atomic E-state index is 12.9. The number of hydrogen-bond acceptors (Lipinski definition) is 4. The van der Waals surface area contributed by atoms with Gasteiger partial charge >= 0.3 is 0 Å². The lowest BCUT2D eigenvalue weighted by atomic mass is 10.0. The molecule has 2 saturated heterocycles. The van der Waals surface area contributed by atoms with Gasteiger partial charge in [0, 0.05) is 23.8 Å². The summed E-state index contributed by atoms with van der Waals surface area (Å²) in [6.45, 7) is 2.58. The first kappa shape index (κ1) is 15.6. The van der Waals surface area contributed by atoms with E-state index in [2.05, 4.69) is 15.0 Å². The van der Waals surface area contributed by atoms with Crippen molar-refractivity contribution in [3.63, 3.8) is 0 Å². The standard InChI is InChI=1S/C17H20ClN5O/c18-13-3-5-14(6-4-13)22-9-7-16(17(22)24)21-8-1-2-15(10-21)23-12-19-11-20-23/h3-6,11-12,15-16H,1-2,7-10H2/t15-,16+/m1/s1. The van der Waals surface area contributed by atoms with Gasteiger partial charge < -0.3 is 4.90 Å². The smallest absolute Gasteiger partial charge is 0.244 e. The molecule has 2 aromatic rings. The Kier molecular flexibility index (Phi) is 4.24. The Morgan fingerprint density at radius 3 is 2.71 bits per heavy atom. The van der Waals surface area contributed by atoms with Gasteiger partial charge in [0.05, 0.1) is 12.1 Å². The van der Waals surface area contributed by atoms with Crippen LogP contribution < -0.4 is 4.90 Å². The lowest BCUT2D eigenvalue weighted by Gasteiger charge is -2.35. The minimum atomic E-state index is -0.0352. The minimum Gasteiger partial charge on any atom is -0.311 e. The molecule has 0 bridgehead atoms. The first-order valence-electron chi connectivity index (χ1n) is 8.37. The summed E-state index contributed by atoms with van der Waals surface area (Å²) in [4.78, 5) is 21.1. The molecule has 2 aliphatic heterocycles. The predicted molar refractivity (Wildman–Crippen MR) is 92.1 cm³/mol. The summed E-state index contributed by atoms with van der Waals surface area (Å²) < 4.78 is 1.92. The van der Waals surface area contributed by atoms with Crippen LogP contribution >= 0.6 is 11.6 Å². The molecule has 7 heteroatoms. The quantitative estimate of drug-likeness (QED) is 0.857. The lowest BCUT2D eigenvalue weighted by molar-refractivity contribution is -0.122. The highest BCUT2D eigenvalue weighted by Gasteiger charge is 2.38. The second-order valence-electron chi connectivity index (χ2n) is 6.44. The highest BCUT2D eigenvalue weighted by atomic mass is 35.5. The Hall–Kier alpha value is -1.92. The molecule has 2 atom stereocenters. The molecule has 24 heavy (non-hydrogen) atoms. The van der Waals surface area contributed by atoms with E-state index in [1.165, 1.54) is 0 Å². The van der Waals surface area contributed by atoms with E-state index in [4.69, 9.17) is 11.6 Å². The van der Waals surface area contributed by atoms with Crippen molar-refractivity contribution in [2.24, 2.45) is 0 Å². The summed E-state index contributed by atoms with van der Waals surface area (Å²) in [6, 6.07) is 7.76. The van der Waals surface area contributed by atoms with Gasteiger partial charge in [0.1, 0.15) is 12.7 Å². The molecule has 1 aromatic carbocycles. The summed E-state index contributed by atoms with van der Waals surface area (Å²) >= 11 is 5.95. The van der Waals surface area contributed by atoms with Crippen molar-refractivity contribution < 1.29 is 4.79 Å². The van der Waals surface area contributed by atoms with E-state index < -0.39 is 0 Å². The van der Waals surface area contributed by atoms with Crippen LogP contribution in [-0.4, -0.2) is 51.2 Å². The number of benzene rings is 1. The molecule has 0 unspecified atom stereocenters. The van der Waals surface area contributed by atoms with Crippen LogP contribution in [0, 0.1) is 0 Å². The number of anilines is 1. The number of halogens is 1. The molecule has 0 aliphatic carbocycles. The molecule has 0 radical (unpaired) electrons. The number of piperidine rings is 1. The summed E-state index contributed by atoms with van der Waals surface area (Å²) in [5, 5.41) is 4.95. The van der Waals surface area contributed by atoms with Crippen molar-refractivity contribution in [1.82, 2.24) is 19.7 Å². The number of hydrogen-bond donors (Lipinski definition) is 0. The highest BCUT2D eigenvalue weighted by molar-refractivity contribution is 6.30. The monoisotopic (exact) mass is 345 g/mol. The normalized spacial score (nSPS) is 25.4. The van der Waals surface area contributed by atoms with Crippen molar-refractivity contribution in [2.75, 3.05) is 24.5 Å². The molecule has 3 heterocycles. The summed E-state index contributed by atoms with van der Waals surface area (Å²) in [5.41, 5.74) is 0.928. The number of carbonyl (C=O) groups excluding carboxylic acids is 1. The van der Waals surface area contributed by atoms with Crippen molar-refractivity contribution >= 4 is 23.2 Å². The fourth-order valence-corrected chi connectivity index (χ4v) is 3.90. The molecule has 6 nitrogen and oxygen atoms in total. The number of carbonyl (C=O) groups is 1. The van der Waals surface area contributed by atoms with E-state index in [0.717, 1.165) is 44.6 Å². The fraction of sp³-hybridized carbons (Fsp3) is 0.471. The lowest BCUT2D eigenvalue weighted by Crippen LogP contribution is -2.47. The first-order chi connectivity index (χ1) is 11.7. The van der Waals surface area contributed by atoms with Gasteiger partial charge in [0.25, 0.3) is 0 Å². The van der Waals surface area contributed by atoms with E-state index in [1.807, 2.05) is 33.8 Å². The zero-order valence-corrected chi connectivity index (χ0v) is 14.1. The van der Waals surface area contributed by atoms with Gasteiger partial charge in [-0.2, -0.15) is 5.10 Å². The summed E-state index contributed by atoms with van der Waals surface area (Å²) in [7, 11) is 0. The van der Waals surface area contributed by atoms with E-state index in [9.17, 15) is 4.79 Å². The third kappa shape index (κ3) is 2.91. The number of nitrogens with zero attached hydrogens (tertiary/aromatic N) is 5. The number of amides is 1. The second kappa shape index (κ2) is 6.53. The van der Waals surface area contributed by atoms with Gasteiger partial charge in [-0.15, -0.1) is 0 Å². The van der Waals surface area contributed by atoms with Gasteiger partial charge in [0.2, 0.25) is 5.91 Å². The molecule has 0 saturated carbocycles. The SMILES string of the molecule is O=C1[C@@H](N2CCC[C@@H](n3cncn3)C2)CCN1c1ccc(Cl)cc1. The molecular formula is C17H20ClN5O. The number of aromatic nitrogens is 3.